The average Bonchev–Trinajstić information content (AvgIpc) is 3.08. The third-order valence-corrected chi connectivity index (χ3v) is 4.69. The summed E-state index contributed by atoms with van der Waals surface area (Å²) in [5, 5.41) is 11.6. The Morgan fingerprint density at radius 2 is 2.00 bits per heavy atom. The Morgan fingerprint density at radius 3 is 2.75 bits per heavy atom. The first-order valence-corrected chi connectivity index (χ1v) is 9.05. The summed E-state index contributed by atoms with van der Waals surface area (Å²) < 4.78 is 17.3. The van der Waals surface area contributed by atoms with Gasteiger partial charge in [-0.1, -0.05) is 12.1 Å². The normalized spacial score (nSPS) is 14.1. The maximum Gasteiger partial charge on any atom is 0.297 e. The Bertz CT molecular complexity index is 1120. The largest absolute Gasteiger partial charge is 0.486 e. The van der Waals surface area contributed by atoms with Crippen LogP contribution in [0.15, 0.2) is 27.5 Å². The summed E-state index contributed by atoms with van der Waals surface area (Å²) in [5.41, 5.74) is 0.854. The Kier molecular flexibility index (Phi) is 4.50. The van der Waals surface area contributed by atoms with Crippen LogP contribution in [-0.4, -0.2) is 34.1 Å². The molecule has 0 aliphatic carbocycles. The zero-order valence-electron chi connectivity index (χ0n) is 15.8. The fourth-order valence-electron chi connectivity index (χ4n) is 3.34. The smallest absolute Gasteiger partial charge is 0.297 e. The predicted molar refractivity (Wildman–Crippen MR) is 101 cm³/mol. The van der Waals surface area contributed by atoms with E-state index < -0.39 is 11.6 Å². The molecule has 0 unspecified atom stereocenters. The molecule has 0 radical (unpaired) electrons. The third-order valence-electron chi connectivity index (χ3n) is 4.69. The van der Waals surface area contributed by atoms with Crippen molar-refractivity contribution >= 4 is 22.5 Å². The number of aryl methyl sites for hydroxylation is 2. The van der Waals surface area contributed by atoms with Gasteiger partial charge in [0.25, 0.3) is 5.56 Å². The lowest BCUT2D eigenvalue weighted by atomic mass is 10.2. The van der Waals surface area contributed by atoms with E-state index in [1.54, 1.807) is 32.0 Å². The number of benzene rings is 1. The molecule has 1 N–H and O–H groups in total. The highest BCUT2D eigenvalue weighted by molar-refractivity contribution is 5.94. The molecule has 0 spiro atoms. The first-order valence-electron chi connectivity index (χ1n) is 9.05. The minimum Gasteiger partial charge on any atom is -0.486 e. The van der Waals surface area contributed by atoms with Crippen LogP contribution >= 0.6 is 0 Å². The summed E-state index contributed by atoms with van der Waals surface area (Å²) in [5.74, 6) is 1.38. The van der Waals surface area contributed by atoms with Crippen molar-refractivity contribution in [2.45, 2.75) is 33.2 Å². The van der Waals surface area contributed by atoms with E-state index in [4.69, 9.17) is 14.0 Å². The van der Waals surface area contributed by atoms with Crippen LogP contribution in [0.2, 0.25) is 0 Å². The molecule has 1 aliphatic rings. The topological polar surface area (TPSA) is 108 Å². The van der Waals surface area contributed by atoms with Crippen LogP contribution in [0.25, 0.3) is 10.9 Å². The Hall–Kier alpha value is -3.36. The first kappa shape index (κ1) is 18.0. The molecule has 1 amide bonds. The van der Waals surface area contributed by atoms with E-state index in [0.717, 1.165) is 0 Å². The van der Waals surface area contributed by atoms with Crippen molar-refractivity contribution in [2.24, 2.45) is 0 Å². The van der Waals surface area contributed by atoms with E-state index >= 15 is 0 Å². The van der Waals surface area contributed by atoms with Gasteiger partial charge in [0.05, 0.1) is 11.1 Å². The zero-order valence-corrected chi connectivity index (χ0v) is 15.8. The van der Waals surface area contributed by atoms with Crippen LogP contribution < -0.4 is 20.3 Å². The number of nitrogens with one attached hydrogen (secondary N) is 1. The van der Waals surface area contributed by atoms with Crippen LogP contribution in [0, 0.1) is 13.8 Å². The quantitative estimate of drug-likeness (QED) is 0.735. The van der Waals surface area contributed by atoms with Gasteiger partial charge >= 0.3 is 0 Å². The molecular formula is C19H20N4O5. The number of carbonyl (C=O) groups is 1. The minimum absolute atomic E-state index is 0.176. The molecule has 0 saturated heterocycles. The van der Waals surface area contributed by atoms with E-state index in [2.05, 4.69) is 15.6 Å². The summed E-state index contributed by atoms with van der Waals surface area (Å²) in [6.45, 7) is 6.25. The van der Waals surface area contributed by atoms with Gasteiger partial charge in [0.1, 0.15) is 25.0 Å². The van der Waals surface area contributed by atoms with Crippen molar-refractivity contribution in [1.82, 2.24) is 14.9 Å². The van der Waals surface area contributed by atoms with Crippen molar-refractivity contribution in [3.63, 3.8) is 0 Å². The summed E-state index contributed by atoms with van der Waals surface area (Å²) in [6.07, 6.45) is 0.380. The molecule has 2 aromatic heterocycles. The van der Waals surface area contributed by atoms with E-state index in [9.17, 15) is 9.59 Å². The maximum absolute atomic E-state index is 12.9. The van der Waals surface area contributed by atoms with Gasteiger partial charge in [-0.3, -0.25) is 9.59 Å². The van der Waals surface area contributed by atoms with Gasteiger partial charge in [-0.05, 0) is 32.4 Å². The highest BCUT2D eigenvalue weighted by Gasteiger charge is 2.25. The number of nitrogens with zero attached hydrogens (tertiary/aromatic N) is 3. The molecular weight excluding hydrogens is 364 g/mol. The second kappa shape index (κ2) is 6.99. The predicted octanol–water partition coefficient (Wildman–Crippen LogP) is 2.36. The molecule has 0 fully saturated rings. The Balaban J connectivity index is 1.66. The lowest BCUT2D eigenvalue weighted by Gasteiger charge is -2.20. The molecule has 9 heteroatoms. The summed E-state index contributed by atoms with van der Waals surface area (Å²) in [4.78, 5) is 25.7. The van der Waals surface area contributed by atoms with E-state index in [1.165, 1.54) is 4.68 Å². The standard InChI is InChI=1S/C19H20N4O5/c1-4-13(23-19(25)17-16(10(2)21-23)11(3)28-22-17)18(24)20-12-5-6-14-15(9-12)27-8-7-26-14/h5-6,9,13H,4,7-8H2,1-3H3,(H,20,24)/t13-/m1/s1. The monoisotopic (exact) mass is 384 g/mol. The molecule has 4 rings (SSSR count). The van der Waals surface area contributed by atoms with E-state index in [0.29, 0.717) is 53.7 Å². The number of aromatic nitrogens is 3. The van der Waals surface area contributed by atoms with Crippen LogP contribution in [0.1, 0.15) is 30.8 Å². The number of carbonyl (C=O) groups excluding carboxylic acids is 1. The molecule has 146 valence electrons. The van der Waals surface area contributed by atoms with Crippen molar-refractivity contribution in [1.29, 1.82) is 0 Å². The fourth-order valence-corrected chi connectivity index (χ4v) is 3.34. The summed E-state index contributed by atoms with van der Waals surface area (Å²) in [6, 6.07) is 4.37. The Morgan fingerprint density at radius 1 is 1.25 bits per heavy atom. The lowest BCUT2D eigenvalue weighted by molar-refractivity contribution is -0.119. The Labute approximate surface area is 160 Å². The molecule has 0 bridgehead atoms. The number of hydrogen-bond donors (Lipinski definition) is 1. The first-order chi connectivity index (χ1) is 13.5. The molecule has 3 heterocycles. The zero-order chi connectivity index (χ0) is 19.8. The van der Waals surface area contributed by atoms with Crippen LogP contribution in [0.3, 0.4) is 0 Å². The van der Waals surface area contributed by atoms with E-state index in [-0.39, 0.29) is 11.4 Å². The number of rotatable bonds is 4. The fraction of sp³-hybridized carbons (Fsp3) is 0.368. The van der Waals surface area contributed by atoms with Crippen LogP contribution in [0.4, 0.5) is 5.69 Å². The minimum atomic E-state index is -0.791. The molecule has 1 atom stereocenters. The number of hydrogen-bond acceptors (Lipinski definition) is 7. The number of ether oxygens (including phenoxy) is 2. The van der Waals surface area contributed by atoms with Crippen molar-refractivity contribution in [3.05, 3.63) is 40.0 Å². The highest BCUT2D eigenvalue weighted by atomic mass is 16.6. The molecule has 1 aromatic carbocycles. The second-order valence-electron chi connectivity index (χ2n) is 6.57. The summed E-state index contributed by atoms with van der Waals surface area (Å²) in [7, 11) is 0. The van der Waals surface area contributed by atoms with Crippen molar-refractivity contribution in [2.75, 3.05) is 18.5 Å². The van der Waals surface area contributed by atoms with Crippen molar-refractivity contribution < 1.29 is 18.8 Å². The molecule has 1 aliphatic heterocycles. The van der Waals surface area contributed by atoms with Gasteiger partial charge in [0.15, 0.2) is 17.0 Å². The van der Waals surface area contributed by atoms with Crippen molar-refractivity contribution in [3.8, 4) is 11.5 Å². The second-order valence-corrected chi connectivity index (χ2v) is 6.57. The SMILES string of the molecule is CC[C@H](C(=O)Nc1ccc2c(c1)OCCO2)n1nc(C)c2c(C)onc2c1=O. The van der Waals surface area contributed by atoms with Crippen LogP contribution in [0.5, 0.6) is 11.5 Å². The van der Waals surface area contributed by atoms with Gasteiger partial charge < -0.3 is 19.3 Å². The highest BCUT2D eigenvalue weighted by Crippen LogP contribution is 2.33. The van der Waals surface area contributed by atoms with Gasteiger partial charge in [0, 0.05) is 11.8 Å². The number of anilines is 1. The molecule has 0 saturated carbocycles. The van der Waals surface area contributed by atoms with Gasteiger partial charge in [0.2, 0.25) is 5.91 Å². The van der Waals surface area contributed by atoms with Gasteiger partial charge in [-0.25, -0.2) is 4.68 Å². The number of amides is 1. The van der Waals surface area contributed by atoms with Gasteiger partial charge in [-0.15, -0.1) is 0 Å². The lowest BCUT2D eigenvalue weighted by Crippen LogP contribution is -2.35. The maximum atomic E-state index is 12.9. The third kappa shape index (κ3) is 2.98. The van der Waals surface area contributed by atoms with E-state index in [1.807, 2.05) is 6.92 Å². The molecule has 28 heavy (non-hydrogen) atoms. The molecule has 9 nitrogen and oxygen atoms in total. The average molecular weight is 384 g/mol. The number of fused-ring (bicyclic) bond motifs is 2. The molecule has 3 aromatic rings. The van der Waals surface area contributed by atoms with Crippen LogP contribution in [-0.2, 0) is 4.79 Å². The summed E-state index contributed by atoms with van der Waals surface area (Å²) >= 11 is 0. The van der Waals surface area contributed by atoms with Gasteiger partial charge in [-0.2, -0.15) is 5.10 Å².